The van der Waals surface area contributed by atoms with Crippen LogP contribution in [0.3, 0.4) is 0 Å². The summed E-state index contributed by atoms with van der Waals surface area (Å²) < 4.78 is 11.4. The standard InChI is InChI=1S/C26H26N2O4/c1-19-23(26(30)28-16-5-6-17-28)10-7-11-24(19)27-25(29)18-31-20-12-14-22(15-13-20)32-21-8-3-2-4-9-21/h2-4,7-15H,5-6,16-18H2,1H3,(H,27,29). The first-order valence-corrected chi connectivity index (χ1v) is 10.7. The highest BCUT2D eigenvalue weighted by molar-refractivity contribution is 5.99. The highest BCUT2D eigenvalue weighted by Gasteiger charge is 2.22. The third kappa shape index (κ3) is 5.27. The van der Waals surface area contributed by atoms with E-state index in [-0.39, 0.29) is 18.4 Å². The van der Waals surface area contributed by atoms with E-state index in [1.807, 2.05) is 42.2 Å². The minimum atomic E-state index is -0.288. The smallest absolute Gasteiger partial charge is 0.262 e. The number of carbonyl (C=O) groups excluding carboxylic acids is 2. The average molecular weight is 431 g/mol. The van der Waals surface area contributed by atoms with Crippen LogP contribution in [0.25, 0.3) is 0 Å². The molecule has 3 aromatic carbocycles. The van der Waals surface area contributed by atoms with Crippen LogP contribution in [0.15, 0.2) is 72.8 Å². The van der Waals surface area contributed by atoms with Gasteiger partial charge in [-0.25, -0.2) is 0 Å². The van der Waals surface area contributed by atoms with Gasteiger partial charge in [-0.3, -0.25) is 9.59 Å². The molecule has 0 unspecified atom stereocenters. The Labute approximate surface area is 187 Å². The number of rotatable bonds is 7. The van der Waals surface area contributed by atoms with Crippen molar-refractivity contribution in [1.29, 1.82) is 0 Å². The number of nitrogens with zero attached hydrogens (tertiary/aromatic N) is 1. The fourth-order valence-electron chi connectivity index (χ4n) is 3.66. The Morgan fingerprint density at radius 2 is 1.50 bits per heavy atom. The summed E-state index contributed by atoms with van der Waals surface area (Å²) >= 11 is 0. The highest BCUT2D eigenvalue weighted by Crippen LogP contribution is 2.24. The van der Waals surface area contributed by atoms with Gasteiger partial charge in [-0.1, -0.05) is 24.3 Å². The molecule has 4 rings (SSSR count). The normalized spacial score (nSPS) is 13.0. The van der Waals surface area contributed by atoms with Gasteiger partial charge in [-0.2, -0.15) is 0 Å². The van der Waals surface area contributed by atoms with Crippen LogP contribution in [0, 0.1) is 6.92 Å². The molecule has 1 heterocycles. The van der Waals surface area contributed by atoms with Crippen molar-refractivity contribution in [3.63, 3.8) is 0 Å². The lowest BCUT2D eigenvalue weighted by Gasteiger charge is -2.18. The molecule has 0 bridgehead atoms. The molecule has 1 saturated heterocycles. The molecule has 6 heteroatoms. The van der Waals surface area contributed by atoms with Crippen molar-refractivity contribution < 1.29 is 19.1 Å². The first kappa shape index (κ1) is 21.4. The van der Waals surface area contributed by atoms with Crippen LogP contribution in [0.1, 0.15) is 28.8 Å². The van der Waals surface area contributed by atoms with Crippen LogP contribution in [-0.4, -0.2) is 36.4 Å². The highest BCUT2D eigenvalue weighted by atomic mass is 16.5. The molecule has 1 N–H and O–H groups in total. The lowest BCUT2D eigenvalue weighted by Crippen LogP contribution is -2.28. The maximum absolute atomic E-state index is 12.7. The maximum Gasteiger partial charge on any atom is 0.262 e. The predicted octanol–water partition coefficient (Wildman–Crippen LogP) is 5.04. The summed E-state index contributed by atoms with van der Waals surface area (Å²) in [6.07, 6.45) is 2.08. The van der Waals surface area contributed by atoms with E-state index >= 15 is 0 Å². The van der Waals surface area contributed by atoms with Gasteiger partial charge in [0.25, 0.3) is 11.8 Å². The van der Waals surface area contributed by atoms with Crippen molar-refractivity contribution in [3.05, 3.63) is 83.9 Å². The second-order valence-electron chi connectivity index (χ2n) is 7.70. The maximum atomic E-state index is 12.7. The van der Waals surface area contributed by atoms with Crippen LogP contribution in [0.4, 0.5) is 5.69 Å². The van der Waals surface area contributed by atoms with Crippen LogP contribution < -0.4 is 14.8 Å². The van der Waals surface area contributed by atoms with Gasteiger partial charge < -0.3 is 19.7 Å². The summed E-state index contributed by atoms with van der Waals surface area (Å²) in [6.45, 7) is 3.30. The first-order chi connectivity index (χ1) is 15.6. The van der Waals surface area contributed by atoms with Crippen molar-refractivity contribution in [2.45, 2.75) is 19.8 Å². The van der Waals surface area contributed by atoms with Gasteiger partial charge in [0.05, 0.1) is 0 Å². The van der Waals surface area contributed by atoms with E-state index in [0.29, 0.717) is 22.7 Å². The number of nitrogens with one attached hydrogen (secondary N) is 1. The summed E-state index contributed by atoms with van der Waals surface area (Å²) in [6, 6.07) is 22.0. The Morgan fingerprint density at radius 1 is 0.844 bits per heavy atom. The quantitative estimate of drug-likeness (QED) is 0.570. The van der Waals surface area contributed by atoms with Gasteiger partial charge >= 0.3 is 0 Å². The van der Waals surface area contributed by atoms with E-state index < -0.39 is 0 Å². The third-order valence-electron chi connectivity index (χ3n) is 5.40. The van der Waals surface area contributed by atoms with E-state index in [1.54, 1.807) is 42.5 Å². The minimum absolute atomic E-state index is 0.0187. The zero-order valence-electron chi connectivity index (χ0n) is 18.0. The molecule has 0 spiro atoms. The van der Waals surface area contributed by atoms with Crippen LogP contribution in [0.5, 0.6) is 17.2 Å². The van der Waals surface area contributed by atoms with Crippen molar-refractivity contribution in [3.8, 4) is 17.2 Å². The molecule has 2 amide bonds. The number of carbonyl (C=O) groups is 2. The number of likely N-dealkylation sites (tertiary alicyclic amines) is 1. The fourth-order valence-corrected chi connectivity index (χ4v) is 3.66. The number of hydrogen-bond acceptors (Lipinski definition) is 4. The van der Waals surface area contributed by atoms with Crippen molar-refractivity contribution >= 4 is 17.5 Å². The molecule has 0 aromatic heterocycles. The van der Waals surface area contributed by atoms with Crippen LogP contribution >= 0.6 is 0 Å². The lowest BCUT2D eigenvalue weighted by molar-refractivity contribution is -0.118. The van der Waals surface area contributed by atoms with E-state index in [2.05, 4.69) is 5.32 Å². The zero-order chi connectivity index (χ0) is 22.3. The molecule has 164 valence electrons. The number of benzene rings is 3. The van der Waals surface area contributed by atoms with Gasteiger partial charge in [0, 0.05) is 24.3 Å². The van der Waals surface area contributed by atoms with Crippen molar-refractivity contribution in [1.82, 2.24) is 4.90 Å². The van der Waals surface area contributed by atoms with Gasteiger partial charge in [0.15, 0.2) is 6.61 Å². The molecule has 0 saturated carbocycles. The predicted molar refractivity (Wildman–Crippen MR) is 123 cm³/mol. The summed E-state index contributed by atoms with van der Waals surface area (Å²) in [5.41, 5.74) is 2.01. The van der Waals surface area contributed by atoms with Crippen molar-refractivity contribution in [2.75, 3.05) is 25.0 Å². The summed E-state index contributed by atoms with van der Waals surface area (Å²) in [7, 11) is 0. The van der Waals surface area contributed by atoms with E-state index in [0.717, 1.165) is 37.2 Å². The molecule has 1 fully saturated rings. The first-order valence-electron chi connectivity index (χ1n) is 10.7. The second kappa shape index (κ2) is 10.0. The SMILES string of the molecule is Cc1c(NC(=O)COc2ccc(Oc3ccccc3)cc2)cccc1C(=O)N1CCCC1. The average Bonchev–Trinajstić information content (AvgIpc) is 3.35. The largest absolute Gasteiger partial charge is 0.484 e. The number of ether oxygens (including phenoxy) is 2. The van der Waals surface area contributed by atoms with Crippen LogP contribution in [0.2, 0.25) is 0 Å². The third-order valence-corrected chi connectivity index (χ3v) is 5.40. The van der Waals surface area contributed by atoms with Crippen LogP contribution in [-0.2, 0) is 4.79 Å². The number of amides is 2. The Hall–Kier alpha value is -3.80. The molecule has 0 radical (unpaired) electrons. The molecule has 6 nitrogen and oxygen atoms in total. The van der Waals surface area contributed by atoms with Gasteiger partial charge in [0.2, 0.25) is 0 Å². The summed E-state index contributed by atoms with van der Waals surface area (Å²) in [4.78, 5) is 27.0. The molecule has 3 aromatic rings. The Kier molecular flexibility index (Phi) is 6.70. The van der Waals surface area contributed by atoms with Gasteiger partial charge in [-0.05, 0) is 73.9 Å². The Morgan fingerprint density at radius 3 is 2.22 bits per heavy atom. The number of anilines is 1. The Bertz CT molecular complexity index is 1070. The second-order valence-corrected chi connectivity index (χ2v) is 7.70. The number of para-hydroxylation sites is 1. The van der Waals surface area contributed by atoms with E-state index in [1.165, 1.54) is 0 Å². The zero-order valence-corrected chi connectivity index (χ0v) is 18.0. The monoisotopic (exact) mass is 430 g/mol. The molecular weight excluding hydrogens is 404 g/mol. The molecule has 1 aliphatic heterocycles. The Balaban J connectivity index is 1.32. The topological polar surface area (TPSA) is 67.9 Å². The number of hydrogen-bond donors (Lipinski definition) is 1. The van der Waals surface area contributed by atoms with E-state index in [4.69, 9.17) is 9.47 Å². The van der Waals surface area contributed by atoms with E-state index in [9.17, 15) is 9.59 Å². The van der Waals surface area contributed by atoms with Crippen molar-refractivity contribution in [2.24, 2.45) is 0 Å². The molecule has 32 heavy (non-hydrogen) atoms. The van der Waals surface area contributed by atoms with Gasteiger partial charge in [-0.15, -0.1) is 0 Å². The minimum Gasteiger partial charge on any atom is -0.484 e. The molecule has 0 aliphatic carbocycles. The molecule has 1 aliphatic rings. The fraction of sp³-hybridized carbons (Fsp3) is 0.231. The molecular formula is C26H26N2O4. The summed E-state index contributed by atoms with van der Waals surface area (Å²) in [5.74, 6) is 1.73. The molecule has 0 atom stereocenters. The summed E-state index contributed by atoms with van der Waals surface area (Å²) in [5, 5.41) is 2.85. The van der Waals surface area contributed by atoms with Gasteiger partial charge in [0.1, 0.15) is 17.2 Å². The lowest BCUT2D eigenvalue weighted by atomic mass is 10.1.